The molecule has 0 unspecified atom stereocenters. The zero-order valence-corrected chi connectivity index (χ0v) is 16.7. The number of aliphatic carboxylic acids is 1. The predicted molar refractivity (Wildman–Crippen MR) is 108 cm³/mol. The summed E-state index contributed by atoms with van der Waals surface area (Å²) < 4.78 is 11.3. The molecule has 0 fully saturated rings. The van der Waals surface area contributed by atoms with Crippen LogP contribution in [0.5, 0.6) is 5.75 Å². The van der Waals surface area contributed by atoms with Gasteiger partial charge in [0.05, 0.1) is 34.1 Å². The number of carboxylic acid groups (broad SMARTS) is 1. The van der Waals surface area contributed by atoms with Gasteiger partial charge in [-0.3, -0.25) is 4.79 Å². The van der Waals surface area contributed by atoms with Crippen molar-refractivity contribution in [1.29, 1.82) is 0 Å². The summed E-state index contributed by atoms with van der Waals surface area (Å²) in [6, 6.07) is 10.4. The molecule has 7 nitrogen and oxygen atoms in total. The molecule has 0 aliphatic carbocycles. The van der Waals surface area contributed by atoms with Gasteiger partial charge in [-0.1, -0.05) is 23.2 Å². The maximum atomic E-state index is 10.9. The van der Waals surface area contributed by atoms with E-state index in [0.717, 1.165) is 11.1 Å². The molecule has 2 aromatic heterocycles. The lowest BCUT2D eigenvalue weighted by Gasteiger charge is -2.04. The maximum absolute atomic E-state index is 10.9. The lowest BCUT2D eigenvalue weighted by Crippen LogP contribution is -2.01. The molecule has 0 amide bonds. The summed E-state index contributed by atoms with van der Waals surface area (Å²) in [7, 11) is 0. The van der Waals surface area contributed by atoms with Gasteiger partial charge in [-0.15, -0.1) is 5.10 Å². The van der Waals surface area contributed by atoms with E-state index in [1.54, 1.807) is 36.4 Å². The summed E-state index contributed by atoms with van der Waals surface area (Å²) >= 11 is 12.0. The number of carbonyl (C=O) groups is 1. The normalized spacial score (nSPS) is 11.1. The third-order valence-corrected chi connectivity index (χ3v) is 5.10. The average Bonchev–Trinajstić information content (AvgIpc) is 3.25. The molecule has 0 bridgehead atoms. The van der Waals surface area contributed by atoms with Crippen molar-refractivity contribution in [2.45, 2.75) is 20.0 Å². The molecular weight excluding hydrogens is 417 g/mol. The van der Waals surface area contributed by atoms with Crippen LogP contribution in [0.1, 0.15) is 17.0 Å². The van der Waals surface area contributed by atoms with E-state index < -0.39 is 5.97 Å². The number of aryl methyl sites for hydroxylation is 1. The van der Waals surface area contributed by atoms with Crippen molar-refractivity contribution < 1.29 is 19.1 Å². The molecule has 148 valence electrons. The molecule has 4 aromatic rings. The van der Waals surface area contributed by atoms with Gasteiger partial charge in [-0.05, 0) is 37.3 Å². The summed E-state index contributed by atoms with van der Waals surface area (Å²) in [5, 5.41) is 19.4. The minimum Gasteiger partial charge on any atom is -0.487 e. The highest BCUT2D eigenvalue weighted by Gasteiger charge is 2.13. The molecule has 0 atom stereocenters. The minimum atomic E-state index is -0.909. The summed E-state index contributed by atoms with van der Waals surface area (Å²) in [5.74, 6) is -0.328. The maximum Gasteiger partial charge on any atom is 0.307 e. The standard InChI is InChI=1S/C20H15Cl2N3O4/c1-11-18(24-25(23-11)13-2-5-16(21)17(22)7-13)10-28-14-3-4-15-12(6-20(26)27)9-29-19(15)8-14/h2-5,7-9H,6,10H2,1H3,(H,26,27). The second-order valence-electron chi connectivity index (χ2n) is 6.40. The van der Waals surface area contributed by atoms with Crippen LogP contribution in [0.3, 0.4) is 0 Å². The van der Waals surface area contributed by atoms with Gasteiger partial charge in [0.2, 0.25) is 0 Å². The SMILES string of the molecule is Cc1nn(-c2ccc(Cl)c(Cl)c2)nc1COc1ccc2c(CC(=O)O)coc2c1. The Morgan fingerprint density at radius 3 is 2.76 bits per heavy atom. The first kappa shape index (κ1) is 19.3. The summed E-state index contributed by atoms with van der Waals surface area (Å²) in [6.07, 6.45) is 1.36. The number of hydrogen-bond acceptors (Lipinski definition) is 5. The van der Waals surface area contributed by atoms with Gasteiger partial charge in [0.1, 0.15) is 23.6 Å². The number of hydrogen-bond donors (Lipinski definition) is 1. The summed E-state index contributed by atoms with van der Waals surface area (Å²) in [6.45, 7) is 2.05. The first-order chi connectivity index (χ1) is 13.9. The highest BCUT2D eigenvalue weighted by molar-refractivity contribution is 6.42. The van der Waals surface area contributed by atoms with E-state index >= 15 is 0 Å². The average molecular weight is 432 g/mol. The van der Waals surface area contributed by atoms with Crippen LogP contribution < -0.4 is 4.74 Å². The molecule has 0 aliphatic heterocycles. The molecule has 0 saturated heterocycles. The topological polar surface area (TPSA) is 90.4 Å². The highest BCUT2D eigenvalue weighted by atomic mass is 35.5. The Labute approximate surface area is 175 Å². The molecule has 2 heterocycles. The van der Waals surface area contributed by atoms with Gasteiger partial charge < -0.3 is 14.3 Å². The lowest BCUT2D eigenvalue weighted by atomic mass is 10.1. The Morgan fingerprint density at radius 1 is 1.17 bits per heavy atom. The van der Waals surface area contributed by atoms with Gasteiger partial charge in [0.15, 0.2) is 0 Å². The van der Waals surface area contributed by atoms with Crippen molar-refractivity contribution in [1.82, 2.24) is 15.0 Å². The van der Waals surface area contributed by atoms with Crippen LogP contribution in [-0.2, 0) is 17.8 Å². The molecule has 2 aromatic carbocycles. The van der Waals surface area contributed by atoms with Crippen LogP contribution in [0.25, 0.3) is 16.7 Å². The Morgan fingerprint density at radius 2 is 2.00 bits per heavy atom. The van der Waals surface area contributed by atoms with Crippen molar-refractivity contribution in [3.8, 4) is 11.4 Å². The van der Waals surface area contributed by atoms with E-state index in [-0.39, 0.29) is 13.0 Å². The number of furan rings is 1. The van der Waals surface area contributed by atoms with E-state index in [4.69, 9.17) is 37.5 Å². The fourth-order valence-corrected chi connectivity index (χ4v) is 3.16. The van der Waals surface area contributed by atoms with Gasteiger partial charge in [-0.2, -0.15) is 9.90 Å². The lowest BCUT2D eigenvalue weighted by molar-refractivity contribution is -0.136. The monoisotopic (exact) mass is 431 g/mol. The molecule has 29 heavy (non-hydrogen) atoms. The van der Waals surface area contributed by atoms with Crippen LogP contribution in [0, 0.1) is 6.92 Å². The quantitative estimate of drug-likeness (QED) is 0.469. The van der Waals surface area contributed by atoms with E-state index in [1.165, 1.54) is 11.1 Å². The predicted octanol–water partition coefficient (Wildman–Crippen LogP) is 4.83. The summed E-state index contributed by atoms with van der Waals surface area (Å²) in [4.78, 5) is 12.4. The van der Waals surface area contributed by atoms with Gasteiger partial charge in [0, 0.05) is 17.0 Å². The van der Waals surface area contributed by atoms with E-state index in [1.807, 2.05) is 6.92 Å². The number of carboxylic acids is 1. The largest absolute Gasteiger partial charge is 0.487 e. The molecule has 0 radical (unpaired) electrons. The molecule has 0 saturated carbocycles. The molecule has 4 rings (SSSR count). The zero-order chi connectivity index (χ0) is 20.5. The first-order valence-corrected chi connectivity index (χ1v) is 9.39. The van der Waals surface area contributed by atoms with Gasteiger partial charge >= 0.3 is 5.97 Å². The minimum absolute atomic E-state index is 0.0930. The van der Waals surface area contributed by atoms with Crippen molar-refractivity contribution in [3.05, 3.63) is 69.7 Å². The fourth-order valence-electron chi connectivity index (χ4n) is 2.87. The number of benzene rings is 2. The molecule has 0 spiro atoms. The fraction of sp³-hybridized carbons (Fsp3) is 0.150. The summed E-state index contributed by atoms with van der Waals surface area (Å²) in [5.41, 5.74) is 3.27. The van der Waals surface area contributed by atoms with Crippen LogP contribution in [-0.4, -0.2) is 26.1 Å². The second-order valence-corrected chi connectivity index (χ2v) is 7.21. The van der Waals surface area contributed by atoms with Crippen LogP contribution in [0.15, 0.2) is 47.1 Å². The van der Waals surface area contributed by atoms with E-state index in [2.05, 4.69) is 10.2 Å². The number of fused-ring (bicyclic) bond motifs is 1. The molecule has 1 N–H and O–H groups in total. The Balaban J connectivity index is 1.51. The van der Waals surface area contributed by atoms with Crippen molar-refractivity contribution >= 4 is 40.1 Å². The number of nitrogens with zero attached hydrogens (tertiary/aromatic N) is 3. The second kappa shape index (κ2) is 7.77. The van der Waals surface area contributed by atoms with E-state index in [9.17, 15) is 4.79 Å². The zero-order valence-electron chi connectivity index (χ0n) is 15.2. The number of ether oxygens (including phenoxy) is 1. The van der Waals surface area contributed by atoms with Gasteiger partial charge in [0.25, 0.3) is 0 Å². The third kappa shape index (κ3) is 4.06. The van der Waals surface area contributed by atoms with Gasteiger partial charge in [-0.25, -0.2) is 0 Å². The molecule has 9 heteroatoms. The van der Waals surface area contributed by atoms with Crippen LogP contribution in [0.2, 0.25) is 10.0 Å². The number of aromatic nitrogens is 3. The van der Waals surface area contributed by atoms with Crippen molar-refractivity contribution in [3.63, 3.8) is 0 Å². The smallest absolute Gasteiger partial charge is 0.307 e. The molecular formula is C20H15Cl2N3O4. The van der Waals surface area contributed by atoms with Crippen molar-refractivity contribution in [2.75, 3.05) is 0 Å². The molecule has 0 aliphatic rings. The Kier molecular flexibility index (Phi) is 5.17. The Bertz CT molecular complexity index is 1220. The van der Waals surface area contributed by atoms with Crippen LogP contribution in [0.4, 0.5) is 0 Å². The van der Waals surface area contributed by atoms with Crippen molar-refractivity contribution in [2.24, 2.45) is 0 Å². The Hall–Kier alpha value is -3.03. The van der Waals surface area contributed by atoms with Crippen LogP contribution >= 0.6 is 23.2 Å². The first-order valence-electron chi connectivity index (χ1n) is 8.63. The third-order valence-electron chi connectivity index (χ3n) is 4.36. The highest BCUT2D eigenvalue weighted by Crippen LogP contribution is 2.27. The number of halogens is 2. The van der Waals surface area contributed by atoms with E-state index in [0.29, 0.717) is 38.3 Å². The number of rotatable bonds is 6.